The Morgan fingerprint density at radius 1 is 1.05 bits per heavy atom. The monoisotopic (exact) mass is 304 g/mol. The smallest absolute Gasteiger partial charge is 0.350 e. The number of rotatable bonds is 5. The first kappa shape index (κ1) is 15.4. The standard InChI is InChI=1S/C17H17ClO3/c1-17(2,21-15-6-4-3-5-7-15)16(19)20-12-13-8-10-14(18)11-9-13/h3-11H,12H2,1-2H3. The zero-order valence-electron chi connectivity index (χ0n) is 12.0. The minimum atomic E-state index is -1.05. The van der Waals surface area contributed by atoms with Gasteiger partial charge < -0.3 is 9.47 Å². The Morgan fingerprint density at radius 2 is 1.67 bits per heavy atom. The number of carbonyl (C=O) groups excluding carboxylic acids is 1. The van der Waals surface area contributed by atoms with Crippen molar-refractivity contribution in [2.24, 2.45) is 0 Å². The van der Waals surface area contributed by atoms with E-state index in [9.17, 15) is 4.79 Å². The molecule has 2 aromatic carbocycles. The predicted molar refractivity (Wildman–Crippen MR) is 82.4 cm³/mol. The highest BCUT2D eigenvalue weighted by Gasteiger charge is 2.31. The summed E-state index contributed by atoms with van der Waals surface area (Å²) in [5, 5.41) is 0.651. The molecule has 2 aromatic rings. The van der Waals surface area contributed by atoms with Crippen molar-refractivity contribution in [1.82, 2.24) is 0 Å². The van der Waals surface area contributed by atoms with E-state index in [1.54, 1.807) is 38.1 Å². The van der Waals surface area contributed by atoms with Gasteiger partial charge in [-0.2, -0.15) is 0 Å². The number of ether oxygens (including phenoxy) is 2. The molecule has 110 valence electrons. The molecule has 0 fully saturated rings. The van der Waals surface area contributed by atoms with Crippen LogP contribution in [0.4, 0.5) is 0 Å². The quantitative estimate of drug-likeness (QED) is 0.775. The van der Waals surface area contributed by atoms with Crippen molar-refractivity contribution in [3.05, 3.63) is 65.2 Å². The van der Waals surface area contributed by atoms with Crippen molar-refractivity contribution in [3.63, 3.8) is 0 Å². The maximum Gasteiger partial charge on any atom is 0.350 e. The second-order valence-electron chi connectivity index (χ2n) is 5.13. The highest BCUT2D eigenvalue weighted by atomic mass is 35.5. The third kappa shape index (κ3) is 4.50. The molecule has 0 aliphatic heterocycles. The van der Waals surface area contributed by atoms with Crippen LogP contribution in [0.3, 0.4) is 0 Å². The summed E-state index contributed by atoms with van der Waals surface area (Å²) in [6, 6.07) is 16.4. The van der Waals surface area contributed by atoms with Gasteiger partial charge in [0.1, 0.15) is 12.4 Å². The van der Waals surface area contributed by atoms with Crippen molar-refractivity contribution < 1.29 is 14.3 Å². The van der Waals surface area contributed by atoms with Crippen LogP contribution in [0.25, 0.3) is 0 Å². The molecule has 0 unspecified atom stereocenters. The predicted octanol–water partition coefficient (Wildman–Crippen LogP) is 4.24. The van der Waals surface area contributed by atoms with Crippen LogP contribution in [0.2, 0.25) is 5.02 Å². The first-order chi connectivity index (χ1) is 9.97. The fourth-order valence-corrected chi connectivity index (χ4v) is 1.85. The number of esters is 1. The van der Waals surface area contributed by atoms with Crippen LogP contribution in [-0.2, 0) is 16.1 Å². The number of halogens is 1. The third-order valence-corrected chi connectivity index (χ3v) is 3.14. The van der Waals surface area contributed by atoms with Gasteiger partial charge in [-0.3, -0.25) is 0 Å². The second-order valence-corrected chi connectivity index (χ2v) is 5.56. The van der Waals surface area contributed by atoms with E-state index in [0.717, 1.165) is 5.56 Å². The molecular weight excluding hydrogens is 288 g/mol. The Balaban J connectivity index is 1.93. The van der Waals surface area contributed by atoms with Gasteiger partial charge in [-0.1, -0.05) is 41.9 Å². The van der Waals surface area contributed by atoms with E-state index in [1.807, 2.05) is 30.3 Å². The Kier molecular flexibility index (Phi) is 4.86. The fourth-order valence-electron chi connectivity index (χ4n) is 1.73. The van der Waals surface area contributed by atoms with Crippen LogP contribution in [0, 0.1) is 0 Å². The summed E-state index contributed by atoms with van der Waals surface area (Å²) in [5.41, 5.74) is -0.170. The van der Waals surface area contributed by atoms with Crippen molar-refractivity contribution in [2.45, 2.75) is 26.1 Å². The number of benzene rings is 2. The average molecular weight is 305 g/mol. The lowest BCUT2D eigenvalue weighted by atomic mass is 10.1. The third-order valence-electron chi connectivity index (χ3n) is 2.89. The Labute approximate surface area is 129 Å². The summed E-state index contributed by atoms with van der Waals surface area (Å²) in [6.07, 6.45) is 0. The Hall–Kier alpha value is -2.00. The number of hydrogen-bond donors (Lipinski definition) is 0. The summed E-state index contributed by atoms with van der Waals surface area (Å²) >= 11 is 5.81. The van der Waals surface area contributed by atoms with Crippen molar-refractivity contribution in [1.29, 1.82) is 0 Å². The molecule has 0 N–H and O–H groups in total. The molecule has 0 bridgehead atoms. The second kappa shape index (κ2) is 6.64. The number of carbonyl (C=O) groups is 1. The summed E-state index contributed by atoms with van der Waals surface area (Å²) in [4.78, 5) is 12.1. The molecule has 0 spiro atoms. The maximum atomic E-state index is 12.1. The molecular formula is C17H17ClO3. The van der Waals surface area contributed by atoms with Crippen molar-refractivity contribution in [3.8, 4) is 5.75 Å². The van der Waals surface area contributed by atoms with Gasteiger partial charge in [0.05, 0.1) is 0 Å². The van der Waals surface area contributed by atoms with Crippen LogP contribution in [0.15, 0.2) is 54.6 Å². The minimum Gasteiger partial charge on any atom is -0.476 e. The molecule has 0 amide bonds. The summed E-state index contributed by atoms with van der Waals surface area (Å²) in [6.45, 7) is 3.56. The highest BCUT2D eigenvalue weighted by molar-refractivity contribution is 6.30. The van der Waals surface area contributed by atoms with Gasteiger partial charge in [0.15, 0.2) is 5.60 Å². The molecule has 0 aliphatic rings. The summed E-state index contributed by atoms with van der Waals surface area (Å²) in [5.74, 6) is 0.215. The van der Waals surface area contributed by atoms with Crippen molar-refractivity contribution >= 4 is 17.6 Å². The van der Waals surface area contributed by atoms with Crippen LogP contribution in [0.1, 0.15) is 19.4 Å². The van der Waals surface area contributed by atoms with Crippen LogP contribution in [-0.4, -0.2) is 11.6 Å². The lowest BCUT2D eigenvalue weighted by Gasteiger charge is -2.24. The normalized spacial score (nSPS) is 11.0. The van der Waals surface area contributed by atoms with Crippen LogP contribution < -0.4 is 4.74 Å². The van der Waals surface area contributed by atoms with Gasteiger partial charge in [0.2, 0.25) is 0 Å². The first-order valence-corrected chi connectivity index (χ1v) is 7.01. The van der Waals surface area contributed by atoms with E-state index < -0.39 is 11.6 Å². The van der Waals surface area contributed by atoms with Gasteiger partial charge in [-0.05, 0) is 43.7 Å². The molecule has 0 aliphatic carbocycles. The van der Waals surface area contributed by atoms with E-state index >= 15 is 0 Å². The average Bonchev–Trinajstić information content (AvgIpc) is 2.47. The first-order valence-electron chi connectivity index (χ1n) is 6.63. The largest absolute Gasteiger partial charge is 0.476 e. The van der Waals surface area contributed by atoms with E-state index in [1.165, 1.54) is 0 Å². The van der Waals surface area contributed by atoms with E-state index in [2.05, 4.69) is 0 Å². The lowest BCUT2D eigenvalue weighted by Crippen LogP contribution is -2.39. The molecule has 2 rings (SSSR count). The van der Waals surface area contributed by atoms with E-state index in [0.29, 0.717) is 10.8 Å². The molecule has 0 saturated carbocycles. The van der Waals surface area contributed by atoms with Crippen LogP contribution in [0.5, 0.6) is 5.75 Å². The molecule has 0 heterocycles. The van der Waals surface area contributed by atoms with Gasteiger partial charge in [-0.15, -0.1) is 0 Å². The Bertz CT molecular complexity index is 591. The van der Waals surface area contributed by atoms with Crippen molar-refractivity contribution in [2.75, 3.05) is 0 Å². The zero-order valence-corrected chi connectivity index (χ0v) is 12.8. The maximum absolute atomic E-state index is 12.1. The minimum absolute atomic E-state index is 0.192. The number of hydrogen-bond acceptors (Lipinski definition) is 3. The highest BCUT2D eigenvalue weighted by Crippen LogP contribution is 2.19. The zero-order chi connectivity index (χ0) is 15.3. The number of para-hydroxylation sites is 1. The van der Waals surface area contributed by atoms with E-state index in [4.69, 9.17) is 21.1 Å². The van der Waals surface area contributed by atoms with Gasteiger partial charge in [0.25, 0.3) is 0 Å². The van der Waals surface area contributed by atoms with E-state index in [-0.39, 0.29) is 6.61 Å². The SMILES string of the molecule is CC(C)(Oc1ccccc1)C(=O)OCc1ccc(Cl)cc1. The molecule has 0 atom stereocenters. The molecule has 21 heavy (non-hydrogen) atoms. The molecule has 0 radical (unpaired) electrons. The molecule has 3 nitrogen and oxygen atoms in total. The Morgan fingerprint density at radius 3 is 2.29 bits per heavy atom. The summed E-state index contributed by atoms with van der Waals surface area (Å²) in [7, 11) is 0. The molecule has 0 aromatic heterocycles. The van der Waals surface area contributed by atoms with Gasteiger partial charge >= 0.3 is 5.97 Å². The molecule has 4 heteroatoms. The summed E-state index contributed by atoms with van der Waals surface area (Å²) < 4.78 is 11.0. The van der Waals surface area contributed by atoms with Gasteiger partial charge in [0, 0.05) is 5.02 Å². The topological polar surface area (TPSA) is 35.5 Å². The van der Waals surface area contributed by atoms with Gasteiger partial charge in [-0.25, -0.2) is 4.79 Å². The lowest BCUT2D eigenvalue weighted by molar-refractivity contribution is -0.160. The molecule has 0 saturated heterocycles. The van der Waals surface area contributed by atoms with Crippen LogP contribution >= 0.6 is 11.6 Å². The fraction of sp³-hybridized carbons (Fsp3) is 0.235.